The van der Waals surface area contributed by atoms with Gasteiger partial charge in [-0.1, -0.05) is 6.07 Å². The number of aliphatic hydroxyl groups is 1. The highest BCUT2D eigenvalue weighted by Crippen LogP contribution is 2.24. The van der Waals surface area contributed by atoms with E-state index in [4.69, 9.17) is 19.3 Å². The predicted octanol–water partition coefficient (Wildman–Crippen LogP) is 0.385. The molecule has 1 aromatic carbocycles. The Hall–Kier alpha value is -2.58. The molecule has 0 saturated carbocycles. The molecule has 2 N–H and O–H groups in total. The summed E-state index contributed by atoms with van der Waals surface area (Å²) in [6.45, 7) is 0.919. The van der Waals surface area contributed by atoms with Crippen LogP contribution in [0.4, 0.5) is 5.69 Å². The maximum Gasteiger partial charge on any atom is 0.337 e. The van der Waals surface area contributed by atoms with E-state index in [-0.39, 0.29) is 36.9 Å². The lowest BCUT2D eigenvalue weighted by molar-refractivity contribution is -0.136. The largest absolute Gasteiger partial charge is 0.491 e. The van der Waals surface area contributed by atoms with Crippen molar-refractivity contribution < 1.29 is 28.9 Å². The summed E-state index contributed by atoms with van der Waals surface area (Å²) in [5, 5.41) is 12.0. The van der Waals surface area contributed by atoms with Gasteiger partial charge in [-0.2, -0.15) is 0 Å². The normalized spacial score (nSPS) is 14.0. The SMILES string of the molecule is COCCOc1cccc(NC2=C(C(=O)OC)CN(CCO)C2=O)c1. The molecule has 1 aliphatic heterocycles. The summed E-state index contributed by atoms with van der Waals surface area (Å²) in [7, 11) is 2.85. The Morgan fingerprint density at radius 1 is 1.32 bits per heavy atom. The molecule has 1 heterocycles. The van der Waals surface area contributed by atoms with Crippen LogP contribution >= 0.6 is 0 Å². The second kappa shape index (κ2) is 9.05. The Labute approximate surface area is 146 Å². The van der Waals surface area contributed by atoms with Crippen molar-refractivity contribution in [2.75, 3.05) is 52.4 Å². The molecule has 0 unspecified atom stereocenters. The lowest BCUT2D eigenvalue weighted by Gasteiger charge is -2.15. The number of hydrogen-bond acceptors (Lipinski definition) is 7. The number of β-amino-alcohol motifs (C(OH)–C–C–N with tert-alkyl or cyclic N) is 1. The summed E-state index contributed by atoms with van der Waals surface area (Å²) in [4.78, 5) is 25.8. The molecule has 2 rings (SSSR count). The summed E-state index contributed by atoms with van der Waals surface area (Å²) >= 11 is 0. The van der Waals surface area contributed by atoms with Gasteiger partial charge >= 0.3 is 5.97 Å². The van der Waals surface area contributed by atoms with Crippen LogP contribution in [0.1, 0.15) is 0 Å². The van der Waals surface area contributed by atoms with Gasteiger partial charge < -0.3 is 29.5 Å². The molecule has 0 atom stereocenters. The fourth-order valence-corrected chi connectivity index (χ4v) is 2.40. The first-order chi connectivity index (χ1) is 12.1. The molecule has 1 aromatic rings. The second-order valence-corrected chi connectivity index (χ2v) is 5.29. The third-order valence-electron chi connectivity index (χ3n) is 3.61. The fourth-order valence-electron chi connectivity index (χ4n) is 2.40. The Bertz CT molecular complexity index is 658. The van der Waals surface area contributed by atoms with E-state index in [0.717, 1.165) is 0 Å². The minimum Gasteiger partial charge on any atom is -0.491 e. The van der Waals surface area contributed by atoms with E-state index in [9.17, 15) is 9.59 Å². The maximum absolute atomic E-state index is 12.5. The summed E-state index contributed by atoms with van der Waals surface area (Å²) in [6, 6.07) is 7.03. The number of benzene rings is 1. The number of rotatable bonds is 9. The zero-order valence-corrected chi connectivity index (χ0v) is 14.3. The zero-order valence-electron chi connectivity index (χ0n) is 14.3. The highest BCUT2D eigenvalue weighted by atomic mass is 16.5. The minimum atomic E-state index is -0.580. The maximum atomic E-state index is 12.5. The summed E-state index contributed by atoms with van der Waals surface area (Å²) in [5.41, 5.74) is 0.978. The molecule has 1 amide bonds. The predicted molar refractivity (Wildman–Crippen MR) is 90.1 cm³/mol. The molecule has 1 aliphatic rings. The van der Waals surface area contributed by atoms with Crippen LogP contribution < -0.4 is 10.1 Å². The molecule has 0 saturated heterocycles. The van der Waals surface area contributed by atoms with Crippen molar-refractivity contribution in [3.05, 3.63) is 35.5 Å². The molecule has 0 radical (unpaired) electrons. The zero-order chi connectivity index (χ0) is 18.2. The molecular formula is C17H22N2O6. The Morgan fingerprint density at radius 3 is 2.80 bits per heavy atom. The van der Waals surface area contributed by atoms with Crippen LogP contribution in [0.2, 0.25) is 0 Å². The van der Waals surface area contributed by atoms with Crippen LogP contribution in [-0.2, 0) is 19.1 Å². The number of methoxy groups -OCH3 is 2. The molecule has 0 aliphatic carbocycles. The standard InChI is InChI=1S/C17H22N2O6/c1-23-8-9-25-13-5-3-4-12(10-13)18-15-14(17(22)24-2)11-19(6-7-20)16(15)21/h3-5,10,18,20H,6-9,11H2,1-2H3. The van der Waals surface area contributed by atoms with Gasteiger partial charge in [-0.3, -0.25) is 4.79 Å². The molecular weight excluding hydrogens is 328 g/mol. The first kappa shape index (κ1) is 18.8. The number of ether oxygens (including phenoxy) is 3. The van der Waals surface area contributed by atoms with Crippen LogP contribution in [0.15, 0.2) is 35.5 Å². The number of carbonyl (C=O) groups is 2. The Morgan fingerprint density at radius 2 is 2.12 bits per heavy atom. The summed E-state index contributed by atoms with van der Waals surface area (Å²) < 4.78 is 15.2. The van der Waals surface area contributed by atoms with E-state index in [0.29, 0.717) is 24.7 Å². The number of nitrogens with one attached hydrogen (secondary N) is 1. The van der Waals surface area contributed by atoms with Crippen molar-refractivity contribution >= 4 is 17.6 Å². The molecule has 8 nitrogen and oxygen atoms in total. The molecule has 0 aromatic heterocycles. The lowest BCUT2D eigenvalue weighted by Crippen LogP contribution is -2.31. The minimum absolute atomic E-state index is 0.0957. The van der Waals surface area contributed by atoms with Crippen molar-refractivity contribution in [3.63, 3.8) is 0 Å². The van der Waals surface area contributed by atoms with E-state index < -0.39 is 5.97 Å². The average Bonchev–Trinajstić information content (AvgIpc) is 2.92. The third kappa shape index (κ3) is 4.71. The van der Waals surface area contributed by atoms with Gasteiger partial charge in [0.25, 0.3) is 5.91 Å². The first-order valence-electron chi connectivity index (χ1n) is 7.81. The number of nitrogens with zero attached hydrogens (tertiary/aromatic N) is 1. The molecule has 136 valence electrons. The van der Waals surface area contributed by atoms with Gasteiger partial charge in [0.2, 0.25) is 0 Å². The quantitative estimate of drug-likeness (QED) is 0.491. The number of amides is 1. The van der Waals surface area contributed by atoms with E-state index in [1.54, 1.807) is 31.4 Å². The third-order valence-corrected chi connectivity index (χ3v) is 3.61. The number of anilines is 1. The average molecular weight is 350 g/mol. The van der Waals surface area contributed by atoms with Crippen molar-refractivity contribution in [1.29, 1.82) is 0 Å². The highest BCUT2D eigenvalue weighted by molar-refractivity contribution is 6.08. The molecule has 8 heteroatoms. The first-order valence-corrected chi connectivity index (χ1v) is 7.81. The van der Waals surface area contributed by atoms with Crippen LogP contribution in [-0.4, -0.2) is 69.0 Å². The highest BCUT2D eigenvalue weighted by Gasteiger charge is 2.34. The van der Waals surface area contributed by atoms with Gasteiger partial charge in [0.15, 0.2) is 0 Å². The van der Waals surface area contributed by atoms with Gasteiger partial charge in [-0.25, -0.2) is 4.79 Å². The van der Waals surface area contributed by atoms with Crippen LogP contribution in [0.5, 0.6) is 5.75 Å². The number of carbonyl (C=O) groups excluding carboxylic acids is 2. The molecule has 25 heavy (non-hydrogen) atoms. The molecule has 0 spiro atoms. The van der Waals surface area contributed by atoms with Gasteiger partial charge in [-0.15, -0.1) is 0 Å². The number of hydrogen-bond donors (Lipinski definition) is 2. The van der Waals surface area contributed by atoms with Crippen LogP contribution in [0.25, 0.3) is 0 Å². The topological polar surface area (TPSA) is 97.3 Å². The van der Waals surface area contributed by atoms with Gasteiger partial charge in [-0.05, 0) is 12.1 Å². The van der Waals surface area contributed by atoms with E-state index in [1.165, 1.54) is 12.0 Å². The van der Waals surface area contributed by atoms with Crippen molar-refractivity contribution in [3.8, 4) is 5.75 Å². The fraction of sp³-hybridized carbons (Fsp3) is 0.412. The van der Waals surface area contributed by atoms with Gasteiger partial charge in [0.05, 0.1) is 32.4 Å². The van der Waals surface area contributed by atoms with E-state index in [2.05, 4.69) is 5.32 Å². The summed E-state index contributed by atoms with van der Waals surface area (Å²) in [6.07, 6.45) is 0. The lowest BCUT2D eigenvalue weighted by atomic mass is 10.2. The Balaban J connectivity index is 2.18. The monoisotopic (exact) mass is 350 g/mol. The van der Waals surface area contributed by atoms with Crippen LogP contribution in [0.3, 0.4) is 0 Å². The molecule has 0 bridgehead atoms. The number of aliphatic hydroxyl groups excluding tert-OH is 1. The van der Waals surface area contributed by atoms with Crippen molar-refractivity contribution in [2.24, 2.45) is 0 Å². The smallest absolute Gasteiger partial charge is 0.337 e. The molecule has 0 fully saturated rings. The van der Waals surface area contributed by atoms with E-state index >= 15 is 0 Å². The van der Waals surface area contributed by atoms with Crippen LogP contribution in [0, 0.1) is 0 Å². The van der Waals surface area contributed by atoms with Crippen molar-refractivity contribution in [2.45, 2.75) is 0 Å². The van der Waals surface area contributed by atoms with Gasteiger partial charge in [0, 0.05) is 25.4 Å². The summed E-state index contributed by atoms with van der Waals surface area (Å²) in [5.74, 6) is -0.330. The second-order valence-electron chi connectivity index (χ2n) is 5.29. The Kier molecular flexibility index (Phi) is 6.79. The number of esters is 1. The van der Waals surface area contributed by atoms with E-state index in [1.807, 2.05) is 0 Å². The van der Waals surface area contributed by atoms with Gasteiger partial charge in [0.1, 0.15) is 18.1 Å². The van der Waals surface area contributed by atoms with Crippen molar-refractivity contribution in [1.82, 2.24) is 4.90 Å².